The molecule has 0 bridgehead atoms. The van der Waals surface area contributed by atoms with E-state index < -0.39 is 64.8 Å². The first-order chi connectivity index (χ1) is 23.9. The number of nitrogens with zero attached hydrogens (tertiary/aromatic N) is 1. The Morgan fingerprint density at radius 3 is 2.40 bits per heavy atom. The SMILES string of the molecule is CSC[C@H](NC(=O)Cc1ccccc1N)C(=O)N[C@@H](Cc1ccccc1)[C@H](O)C(=O)N1CSC(C)(C)[C@H]1C(=O)N[C@H]1c2ccccc2C[C@H]1O. The second-order valence-electron chi connectivity index (χ2n) is 13.2. The molecule has 2 aliphatic rings. The van der Waals surface area contributed by atoms with E-state index in [1.807, 2.05) is 74.7 Å². The zero-order chi connectivity index (χ0) is 36.0. The topological polar surface area (TPSA) is 174 Å². The average molecular weight is 720 g/mol. The quantitative estimate of drug-likeness (QED) is 0.145. The highest BCUT2D eigenvalue weighted by atomic mass is 32.2. The van der Waals surface area contributed by atoms with Crippen LogP contribution in [0.4, 0.5) is 5.69 Å². The number of aliphatic hydroxyl groups excluding tert-OH is 2. The molecule has 0 spiro atoms. The Morgan fingerprint density at radius 1 is 1.00 bits per heavy atom. The highest BCUT2D eigenvalue weighted by molar-refractivity contribution is 8.00. The van der Waals surface area contributed by atoms with Crippen molar-refractivity contribution in [2.45, 2.75) is 74.2 Å². The van der Waals surface area contributed by atoms with Crippen LogP contribution in [0.15, 0.2) is 78.9 Å². The number of aliphatic hydroxyl groups is 2. The number of carbonyl (C=O) groups is 4. The maximum absolute atomic E-state index is 14.2. The van der Waals surface area contributed by atoms with Crippen LogP contribution < -0.4 is 21.7 Å². The molecule has 1 aliphatic carbocycles. The average Bonchev–Trinajstić information content (AvgIpc) is 3.59. The summed E-state index contributed by atoms with van der Waals surface area (Å²) in [6.45, 7) is 3.73. The number of fused-ring (bicyclic) bond motifs is 1. The molecule has 50 heavy (non-hydrogen) atoms. The van der Waals surface area contributed by atoms with E-state index in [4.69, 9.17) is 5.73 Å². The first-order valence-corrected chi connectivity index (χ1v) is 18.9. The van der Waals surface area contributed by atoms with Gasteiger partial charge in [-0.05, 0) is 54.8 Å². The van der Waals surface area contributed by atoms with Gasteiger partial charge in [0, 0.05) is 22.6 Å². The van der Waals surface area contributed by atoms with Gasteiger partial charge in [-0.1, -0.05) is 72.8 Å². The van der Waals surface area contributed by atoms with Crippen molar-refractivity contribution in [1.29, 1.82) is 0 Å². The standard InChI is InChI=1S/C37H45N5O6S2/c1-37(2)33(35(47)41-31-25-15-9-7-13-23(25)18-29(31)43)42(21-50-37)36(48)32(45)27(17-22-11-5-4-6-12-22)40-34(46)28(20-49-3)39-30(44)19-24-14-8-10-16-26(24)38/h4-16,27-29,31-33,43,45H,17-21,38H2,1-3H3,(H,39,44)(H,40,46)(H,41,47)/t27-,28-,29+,31-,32-,33+/m0/s1. The van der Waals surface area contributed by atoms with Gasteiger partial charge in [-0.25, -0.2) is 0 Å². The van der Waals surface area contributed by atoms with Crippen molar-refractivity contribution < 1.29 is 29.4 Å². The van der Waals surface area contributed by atoms with E-state index in [9.17, 15) is 29.4 Å². The van der Waals surface area contributed by atoms with E-state index in [0.717, 1.165) is 16.7 Å². The van der Waals surface area contributed by atoms with Crippen LogP contribution in [-0.2, 0) is 38.4 Å². The van der Waals surface area contributed by atoms with Gasteiger partial charge in [-0.3, -0.25) is 19.2 Å². The Morgan fingerprint density at radius 2 is 1.68 bits per heavy atom. The van der Waals surface area contributed by atoms with Crippen LogP contribution >= 0.6 is 23.5 Å². The molecule has 0 saturated carbocycles. The van der Waals surface area contributed by atoms with Gasteiger partial charge in [-0.15, -0.1) is 11.8 Å². The summed E-state index contributed by atoms with van der Waals surface area (Å²) < 4.78 is -0.712. The summed E-state index contributed by atoms with van der Waals surface area (Å²) in [5.74, 6) is -1.70. The van der Waals surface area contributed by atoms with Crippen LogP contribution in [0.2, 0.25) is 0 Å². The van der Waals surface area contributed by atoms with Crippen molar-refractivity contribution in [3.8, 4) is 0 Å². The molecule has 3 aromatic carbocycles. The van der Waals surface area contributed by atoms with Gasteiger partial charge in [0.2, 0.25) is 17.7 Å². The van der Waals surface area contributed by atoms with Crippen LogP contribution in [0.5, 0.6) is 0 Å². The van der Waals surface area contributed by atoms with Crippen LogP contribution in [0, 0.1) is 0 Å². The number of hydrogen-bond donors (Lipinski definition) is 6. The van der Waals surface area contributed by atoms with Gasteiger partial charge in [0.05, 0.1) is 30.5 Å². The minimum absolute atomic E-state index is 0.0191. The number of amides is 4. The molecular formula is C37H45N5O6S2. The van der Waals surface area contributed by atoms with Crippen molar-refractivity contribution in [1.82, 2.24) is 20.9 Å². The number of para-hydroxylation sites is 1. The number of rotatable bonds is 13. The lowest BCUT2D eigenvalue weighted by atomic mass is 9.96. The molecular weight excluding hydrogens is 675 g/mol. The Balaban J connectivity index is 1.34. The number of carbonyl (C=O) groups excluding carboxylic acids is 4. The largest absolute Gasteiger partial charge is 0.398 e. The molecule has 5 rings (SSSR count). The number of anilines is 1. The van der Waals surface area contributed by atoms with E-state index in [1.54, 1.807) is 24.3 Å². The third-order valence-corrected chi connectivity index (χ3v) is 11.3. The number of nitrogens with two attached hydrogens (primary N) is 1. The summed E-state index contributed by atoms with van der Waals surface area (Å²) in [5.41, 5.74) is 9.68. The molecule has 7 N–H and O–H groups in total. The normalized spacial score (nSPS) is 21.1. The minimum atomic E-state index is -1.71. The number of thioether (sulfide) groups is 2. The minimum Gasteiger partial charge on any atom is -0.398 e. The summed E-state index contributed by atoms with van der Waals surface area (Å²) in [6, 6.07) is 20.1. The lowest BCUT2D eigenvalue weighted by Gasteiger charge is -2.34. The van der Waals surface area contributed by atoms with E-state index >= 15 is 0 Å². The molecule has 0 unspecified atom stereocenters. The summed E-state index contributed by atoms with van der Waals surface area (Å²) in [7, 11) is 0. The zero-order valence-electron chi connectivity index (χ0n) is 28.4. The lowest BCUT2D eigenvalue weighted by Crippen LogP contribution is -2.60. The van der Waals surface area contributed by atoms with E-state index in [1.165, 1.54) is 28.4 Å². The fourth-order valence-corrected chi connectivity index (χ4v) is 8.30. The van der Waals surface area contributed by atoms with Gasteiger partial charge in [0.15, 0.2) is 6.10 Å². The molecule has 11 nitrogen and oxygen atoms in total. The predicted molar refractivity (Wildman–Crippen MR) is 197 cm³/mol. The molecule has 1 fully saturated rings. The maximum atomic E-state index is 14.2. The third kappa shape index (κ3) is 8.63. The first kappa shape index (κ1) is 37.2. The van der Waals surface area contributed by atoms with Crippen molar-refractivity contribution in [2.75, 3.05) is 23.6 Å². The Hall–Kier alpha value is -4.04. The van der Waals surface area contributed by atoms with Gasteiger partial charge in [0.25, 0.3) is 5.91 Å². The predicted octanol–water partition coefficient (Wildman–Crippen LogP) is 2.20. The van der Waals surface area contributed by atoms with E-state index in [-0.39, 0.29) is 24.5 Å². The monoisotopic (exact) mass is 719 g/mol. The van der Waals surface area contributed by atoms with Crippen molar-refractivity contribution in [3.63, 3.8) is 0 Å². The zero-order valence-corrected chi connectivity index (χ0v) is 30.0. The first-order valence-electron chi connectivity index (χ1n) is 16.5. The molecule has 13 heteroatoms. The molecule has 0 radical (unpaired) electrons. The highest BCUT2D eigenvalue weighted by Gasteiger charge is 2.51. The second kappa shape index (κ2) is 16.3. The number of nitrogen functional groups attached to an aromatic ring is 1. The summed E-state index contributed by atoms with van der Waals surface area (Å²) >= 11 is 2.77. The molecule has 1 aliphatic heterocycles. The van der Waals surface area contributed by atoms with Gasteiger partial charge in [-0.2, -0.15) is 11.8 Å². The van der Waals surface area contributed by atoms with Gasteiger partial charge >= 0.3 is 0 Å². The molecule has 4 amide bonds. The Labute approximate surface area is 301 Å². The Bertz CT molecular complexity index is 1690. The maximum Gasteiger partial charge on any atom is 0.254 e. The van der Waals surface area contributed by atoms with Crippen LogP contribution in [0.3, 0.4) is 0 Å². The summed E-state index contributed by atoms with van der Waals surface area (Å²) in [4.78, 5) is 56.2. The summed E-state index contributed by atoms with van der Waals surface area (Å²) in [6.07, 6.45) is -0.210. The van der Waals surface area contributed by atoms with Crippen molar-refractivity contribution in [2.24, 2.45) is 0 Å². The summed E-state index contributed by atoms with van der Waals surface area (Å²) in [5, 5.41) is 31.1. The van der Waals surface area contributed by atoms with Crippen molar-refractivity contribution in [3.05, 3.63) is 101 Å². The molecule has 0 aromatic heterocycles. The fraction of sp³-hybridized carbons (Fsp3) is 0.405. The molecule has 266 valence electrons. The molecule has 1 saturated heterocycles. The number of benzene rings is 3. The van der Waals surface area contributed by atoms with Crippen LogP contribution in [0.1, 0.15) is 42.1 Å². The smallest absolute Gasteiger partial charge is 0.254 e. The molecule has 1 heterocycles. The van der Waals surface area contributed by atoms with Gasteiger partial charge in [0.1, 0.15) is 12.1 Å². The van der Waals surface area contributed by atoms with Crippen LogP contribution in [0.25, 0.3) is 0 Å². The Kier molecular flexibility index (Phi) is 12.2. The van der Waals surface area contributed by atoms with Crippen LogP contribution in [-0.4, -0.2) is 91.7 Å². The number of hydrogen-bond acceptors (Lipinski definition) is 9. The second-order valence-corrected chi connectivity index (χ2v) is 15.8. The van der Waals surface area contributed by atoms with Gasteiger partial charge < -0.3 is 36.8 Å². The number of nitrogens with one attached hydrogen (secondary N) is 3. The molecule has 3 aromatic rings. The fourth-order valence-electron chi connectivity index (χ4n) is 6.59. The lowest BCUT2D eigenvalue weighted by molar-refractivity contribution is -0.148. The highest BCUT2D eigenvalue weighted by Crippen LogP contribution is 2.41. The van der Waals surface area contributed by atoms with Crippen molar-refractivity contribution >= 4 is 52.8 Å². The molecule has 6 atom stereocenters. The third-order valence-electron chi connectivity index (χ3n) is 9.23. The van der Waals surface area contributed by atoms with E-state index in [2.05, 4.69) is 16.0 Å². The van der Waals surface area contributed by atoms with E-state index in [0.29, 0.717) is 17.7 Å².